The molecule has 0 radical (unpaired) electrons. The number of carbonyl (C=O) groups is 3. The molecule has 0 aromatic heterocycles. The minimum absolute atomic E-state index is 0.0179. The molecule has 8 nitrogen and oxygen atoms in total. The molecule has 0 saturated carbocycles. The summed E-state index contributed by atoms with van der Waals surface area (Å²) in [5, 5.41) is 0. The molecule has 2 aliphatic heterocycles. The van der Waals surface area contributed by atoms with E-state index in [2.05, 4.69) is 6.08 Å². The average molecular weight is 472 g/mol. The molecule has 3 rings (SSSR count). The third kappa shape index (κ3) is 6.59. The fraction of sp³-hybridized carbons (Fsp3) is 0.577. The number of piperidine rings is 1. The predicted octanol–water partition coefficient (Wildman–Crippen LogP) is 2.33. The number of rotatable bonds is 6. The van der Waals surface area contributed by atoms with Crippen LogP contribution in [-0.4, -0.2) is 85.5 Å². The summed E-state index contributed by atoms with van der Waals surface area (Å²) in [7, 11) is 1.47. The standard InChI is InChI=1S/C26H37N3O5/c1-4-27(5-2)24(30)15-20-12-13-28-16-21(20)10-8-14-34-23-11-7-6-9-22(23)17-29(18-25(28)31)26(32)19-33-3/h6-11,20-21H,4-5,12-19H2,1-3H3/b10-8+/t20-,21-/m0/s1. The Morgan fingerprint density at radius 3 is 2.68 bits per heavy atom. The van der Waals surface area contributed by atoms with Gasteiger partial charge in [-0.3, -0.25) is 14.4 Å². The zero-order chi connectivity index (χ0) is 24.5. The van der Waals surface area contributed by atoms with Gasteiger partial charge in [-0.1, -0.05) is 30.4 Å². The summed E-state index contributed by atoms with van der Waals surface area (Å²) in [5.41, 5.74) is 0.841. The molecule has 1 fully saturated rings. The quantitative estimate of drug-likeness (QED) is 0.595. The van der Waals surface area contributed by atoms with E-state index in [0.717, 1.165) is 12.0 Å². The van der Waals surface area contributed by atoms with Crippen LogP contribution in [0.2, 0.25) is 0 Å². The predicted molar refractivity (Wildman–Crippen MR) is 129 cm³/mol. The van der Waals surface area contributed by atoms with Crippen LogP contribution in [0.5, 0.6) is 5.75 Å². The number of nitrogens with zero attached hydrogens (tertiary/aromatic N) is 3. The van der Waals surface area contributed by atoms with Gasteiger partial charge in [0.2, 0.25) is 17.7 Å². The summed E-state index contributed by atoms with van der Waals surface area (Å²) < 4.78 is 11.1. The molecule has 0 unspecified atom stereocenters. The van der Waals surface area contributed by atoms with E-state index in [9.17, 15) is 14.4 Å². The van der Waals surface area contributed by atoms with E-state index in [1.165, 1.54) is 12.0 Å². The lowest BCUT2D eigenvalue weighted by molar-refractivity contribution is -0.144. The lowest BCUT2D eigenvalue weighted by atomic mass is 9.82. The van der Waals surface area contributed by atoms with Gasteiger partial charge in [0.25, 0.3) is 0 Å². The zero-order valence-corrected chi connectivity index (χ0v) is 20.6. The van der Waals surface area contributed by atoms with E-state index in [1.807, 2.05) is 54.0 Å². The summed E-state index contributed by atoms with van der Waals surface area (Å²) in [5.74, 6) is 0.735. The van der Waals surface area contributed by atoms with Gasteiger partial charge < -0.3 is 24.2 Å². The van der Waals surface area contributed by atoms with Crippen LogP contribution in [-0.2, 0) is 25.7 Å². The number of fused-ring (bicyclic) bond motifs is 3. The summed E-state index contributed by atoms with van der Waals surface area (Å²) in [6, 6.07) is 7.56. The van der Waals surface area contributed by atoms with Crippen molar-refractivity contribution in [3.8, 4) is 5.75 Å². The van der Waals surface area contributed by atoms with Crippen molar-refractivity contribution in [2.75, 3.05) is 53.0 Å². The molecule has 34 heavy (non-hydrogen) atoms. The van der Waals surface area contributed by atoms with Gasteiger partial charge in [-0.2, -0.15) is 0 Å². The maximum Gasteiger partial charge on any atom is 0.249 e. The topological polar surface area (TPSA) is 79.4 Å². The van der Waals surface area contributed by atoms with E-state index < -0.39 is 0 Å². The molecule has 2 bridgehead atoms. The minimum atomic E-state index is -0.241. The van der Waals surface area contributed by atoms with Crippen LogP contribution in [0.1, 0.15) is 32.3 Å². The Labute approximate surface area is 202 Å². The SMILES string of the molecule is CCN(CC)C(=O)C[C@@H]1CCN2C[C@@H]1/C=C/COc1ccccc1CN(C(=O)COC)CC2=O. The molecular weight excluding hydrogens is 434 g/mol. The summed E-state index contributed by atoms with van der Waals surface area (Å²) in [6.07, 6.45) is 5.30. The van der Waals surface area contributed by atoms with Gasteiger partial charge in [0.1, 0.15) is 25.5 Å². The molecule has 0 aliphatic carbocycles. The first-order valence-corrected chi connectivity index (χ1v) is 12.2. The highest BCUT2D eigenvalue weighted by molar-refractivity contribution is 5.85. The molecular formula is C26H37N3O5. The molecule has 2 heterocycles. The monoisotopic (exact) mass is 471 g/mol. The Morgan fingerprint density at radius 1 is 1.18 bits per heavy atom. The number of ether oxygens (including phenoxy) is 2. The van der Waals surface area contributed by atoms with Crippen molar-refractivity contribution in [1.29, 1.82) is 0 Å². The van der Waals surface area contributed by atoms with Crippen LogP contribution >= 0.6 is 0 Å². The number of benzene rings is 1. The van der Waals surface area contributed by atoms with Crippen LogP contribution in [0, 0.1) is 11.8 Å². The minimum Gasteiger partial charge on any atom is -0.489 e. The number of carbonyl (C=O) groups excluding carboxylic acids is 3. The summed E-state index contributed by atoms with van der Waals surface area (Å²) in [4.78, 5) is 44.0. The Kier molecular flexibility index (Phi) is 9.51. The largest absolute Gasteiger partial charge is 0.489 e. The molecule has 2 aliphatic rings. The molecule has 2 atom stereocenters. The Bertz CT molecular complexity index is 883. The maximum atomic E-state index is 13.2. The van der Waals surface area contributed by atoms with Crippen molar-refractivity contribution in [2.24, 2.45) is 11.8 Å². The van der Waals surface area contributed by atoms with E-state index >= 15 is 0 Å². The second kappa shape index (κ2) is 12.6. The van der Waals surface area contributed by atoms with E-state index in [-0.39, 0.29) is 49.3 Å². The molecule has 1 aromatic carbocycles. The summed E-state index contributed by atoms with van der Waals surface area (Å²) >= 11 is 0. The van der Waals surface area contributed by atoms with Crippen molar-refractivity contribution >= 4 is 17.7 Å². The highest BCUT2D eigenvalue weighted by Gasteiger charge is 2.33. The van der Waals surface area contributed by atoms with E-state index in [0.29, 0.717) is 45.0 Å². The van der Waals surface area contributed by atoms with Crippen LogP contribution in [0.4, 0.5) is 0 Å². The second-order valence-electron chi connectivity index (χ2n) is 8.85. The van der Waals surface area contributed by atoms with Crippen molar-refractivity contribution in [1.82, 2.24) is 14.7 Å². The first-order chi connectivity index (χ1) is 16.5. The van der Waals surface area contributed by atoms with E-state index in [4.69, 9.17) is 9.47 Å². The highest BCUT2D eigenvalue weighted by Crippen LogP contribution is 2.29. The third-order valence-corrected chi connectivity index (χ3v) is 6.71. The first-order valence-electron chi connectivity index (χ1n) is 12.2. The highest BCUT2D eigenvalue weighted by atomic mass is 16.5. The lowest BCUT2D eigenvalue weighted by Gasteiger charge is -2.38. The van der Waals surface area contributed by atoms with Crippen molar-refractivity contribution < 1.29 is 23.9 Å². The Hall–Kier alpha value is -2.87. The van der Waals surface area contributed by atoms with Crippen LogP contribution in [0.15, 0.2) is 36.4 Å². The van der Waals surface area contributed by atoms with Crippen molar-refractivity contribution in [2.45, 2.75) is 33.2 Å². The fourth-order valence-corrected chi connectivity index (χ4v) is 4.72. The van der Waals surface area contributed by atoms with Gasteiger partial charge in [-0.05, 0) is 38.2 Å². The third-order valence-electron chi connectivity index (χ3n) is 6.71. The van der Waals surface area contributed by atoms with Crippen LogP contribution in [0.25, 0.3) is 0 Å². The zero-order valence-electron chi connectivity index (χ0n) is 20.6. The lowest BCUT2D eigenvalue weighted by Crippen LogP contribution is -2.49. The Balaban J connectivity index is 1.84. The summed E-state index contributed by atoms with van der Waals surface area (Å²) in [6.45, 7) is 7.05. The molecule has 186 valence electrons. The number of amides is 3. The number of hydrogen-bond acceptors (Lipinski definition) is 5. The Morgan fingerprint density at radius 2 is 1.94 bits per heavy atom. The van der Waals surface area contributed by atoms with Crippen LogP contribution in [0.3, 0.4) is 0 Å². The average Bonchev–Trinajstić information content (AvgIpc) is 2.84. The number of methoxy groups -OCH3 is 1. The molecule has 0 N–H and O–H groups in total. The molecule has 3 amide bonds. The van der Waals surface area contributed by atoms with Gasteiger partial charge >= 0.3 is 0 Å². The van der Waals surface area contributed by atoms with Gasteiger partial charge in [0.15, 0.2) is 0 Å². The second-order valence-corrected chi connectivity index (χ2v) is 8.85. The van der Waals surface area contributed by atoms with Crippen LogP contribution < -0.4 is 4.74 Å². The van der Waals surface area contributed by atoms with Gasteiger partial charge in [-0.15, -0.1) is 0 Å². The first kappa shape index (κ1) is 25.7. The van der Waals surface area contributed by atoms with Crippen molar-refractivity contribution in [3.05, 3.63) is 42.0 Å². The van der Waals surface area contributed by atoms with Crippen molar-refractivity contribution in [3.63, 3.8) is 0 Å². The molecule has 8 heteroatoms. The molecule has 1 saturated heterocycles. The molecule has 1 aromatic rings. The fourth-order valence-electron chi connectivity index (χ4n) is 4.72. The molecule has 0 spiro atoms. The van der Waals surface area contributed by atoms with Gasteiger partial charge in [0, 0.05) is 51.8 Å². The number of para-hydroxylation sites is 1. The van der Waals surface area contributed by atoms with Gasteiger partial charge in [0.05, 0.1) is 0 Å². The van der Waals surface area contributed by atoms with Gasteiger partial charge in [-0.25, -0.2) is 0 Å². The smallest absolute Gasteiger partial charge is 0.249 e. The van der Waals surface area contributed by atoms with E-state index in [1.54, 1.807) is 0 Å². The number of hydrogen-bond donors (Lipinski definition) is 0. The normalized spacial score (nSPS) is 21.9. The maximum absolute atomic E-state index is 13.2.